The summed E-state index contributed by atoms with van der Waals surface area (Å²) in [4.78, 5) is 5.55. The molecule has 0 atom stereocenters. The van der Waals surface area contributed by atoms with Crippen molar-refractivity contribution in [2.75, 3.05) is 18.4 Å². The average molecular weight is 434 g/mol. The summed E-state index contributed by atoms with van der Waals surface area (Å²) < 4.78 is 28.8. The quantitative estimate of drug-likeness (QED) is 0.666. The molecule has 0 amide bonds. The lowest BCUT2D eigenvalue weighted by molar-refractivity contribution is 0.329. The second-order valence-electron chi connectivity index (χ2n) is 8.57. The van der Waals surface area contributed by atoms with Gasteiger partial charge in [-0.2, -0.15) is 0 Å². The molecule has 0 radical (unpaired) electrons. The number of imidazole rings is 1. The Labute approximate surface area is 175 Å². The fourth-order valence-electron chi connectivity index (χ4n) is 3.45. The molecule has 29 heavy (non-hydrogen) atoms. The predicted octanol–water partition coefficient (Wildman–Crippen LogP) is 3.49. The fraction of sp³-hybridized carbons (Fsp3) is 0.500. The molecule has 2 aromatic heterocycles. The van der Waals surface area contributed by atoms with Crippen LogP contribution >= 0.6 is 11.3 Å². The molecule has 9 heteroatoms. The van der Waals surface area contributed by atoms with Crippen molar-refractivity contribution in [1.82, 2.24) is 18.9 Å². The molecular weight excluding hydrogens is 406 g/mol. The van der Waals surface area contributed by atoms with Crippen LogP contribution in [0, 0.1) is 0 Å². The number of hydrogen-bond donors (Lipinski definition) is 1. The Balaban J connectivity index is 1.35. The lowest BCUT2D eigenvalue weighted by Crippen LogP contribution is -2.42. The van der Waals surface area contributed by atoms with E-state index in [9.17, 15) is 8.42 Å². The molecule has 4 rings (SSSR count). The summed E-state index contributed by atoms with van der Waals surface area (Å²) in [5.74, 6) is 0.0612. The monoisotopic (exact) mass is 433 g/mol. The van der Waals surface area contributed by atoms with Crippen molar-refractivity contribution in [3.63, 3.8) is 0 Å². The van der Waals surface area contributed by atoms with E-state index in [1.54, 1.807) is 4.31 Å². The van der Waals surface area contributed by atoms with Crippen LogP contribution in [0.3, 0.4) is 0 Å². The van der Waals surface area contributed by atoms with Gasteiger partial charge in [0.15, 0.2) is 0 Å². The molecule has 0 aliphatic carbocycles. The molecule has 1 aliphatic heterocycles. The number of hydrogen-bond acceptors (Lipinski definition) is 6. The van der Waals surface area contributed by atoms with Gasteiger partial charge >= 0.3 is 0 Å². The summed E-state index contributed by atoms with van der Waals surface area (Å²) in [5.41, 5.74) is 1.85. The topological polar surface area (TPSA) is 79.6 Å². The van der Waals surface area contributed by atoms with Gasteiger partial charge in [0.1, 0.15) is 0 Å². The predicted molar refractivity (Wildman–Crippen MR) is 117 cm³/mol. The minimum atomic E-state index is -3.28. The van der Waals surface area contributed by atoms with Crippen LogP contribution in [0.15, 0.2) is 36.5 Å². The zero-order chi connectivity index (χ0) is 20.6. The Bertz CT molecular complexity index is 1040. The zero-order valence-electron chi connectivity index (χ0n) is 17.0. The highest BCUT2D eigenvalue weighted by molar-refractivity contribution is 7.88. The molecule has 156 valence electrons. The van der Waals surface area contributed by atoms with Gasteiger partial charge in [0, 0.05) is 24.5 Å². The molecule has 1 aromatic carbocycles. The number of benzene rings is 1. The third-order valence-corrected chi connectivity index (χ3v) is 7.88. The van der Waals surface area contributed by atoms with Crippen LogP contribution < -0.4 is 5.32 Å². The van der Waals surface area contributed by atoms with Gasteiger partial charge in [0.05, 0.1) is 17.6 Å². The number of nitrogens with zero attached hydrogens (tertiary/aromatic N) is 4. The van der Waals surface area contributed by atoms with Gasteiger partial charge in [0.25, 0.3) is 0 Å². The molecule has 1 saturated heterocycles. The number of piperidine rings is 1. The van der Waals surface area contributed by atoms with E-state index in [2.05, 4.69) is 36.2 Å². The Kier molecular flexibility index (Phi) is 5.39. The first kappa shape index (κ1) is 20.3. The third kappa shape index (κ3) is 4.62. The van der Waals surface area contributed by atoms with E-state index >= 15 is 0 Å². The lowest BCUT2D eigenvalue weighted by atomic mass is 9.93. The summed E-state index contributed by atoms with van der Waals surface area (Å²) in [6.07, 6.45) is 3.52. The van der Waals surface area contributed by atoms with Crippen molar-refractivity contribution >= 4 is 31.5 Å². The molecule has 0 saturated carbocycles. The van der Waals surface area contributed by atoms with E-state index in [0.717, 1.165) is 34.2 Å². The standard InChI is InChI=1S/C20H27N5O2S2/c1-20(2,3)17-13-25-19(22-17)28-18(23-25)21-16-9-11-24(12-10-16)29(26,27)14-15-7-5-4-6-8-15/h4-8,13,16H,9-12,14H2,1-3H3,(H,21,23). The molecule has 7 nitrogen and oxygen atoms in total. The van der Waals surface area contributed by atoms with Crippen LogP contribution in [-0.4, -0.2) is 46.5 Å². The summed E-state index contributed by atoms with van der Waals surface area (Å²) >= 11 is 1.53. The molecule has 0 unspecified atom stereocenters. The lowest BCUT2D eigenvalue weighted by Gasteiger charge is -2.31. The SMILES string of the molecule is CC(C)(C)c1cn2nc(NC3CCN(S(=O)(=O)Cc4ccccc4)CC3)sc2n1. The Morgan fingerprint density at radius 3 is 2.48 bits per heavy atom. The highest BCUT2D eigenvalue weighted by atomic mass is 32.2. The highest BCUT2D eigenvalue weighted by Gasteiger charge is 2.28. The van der Waals surface area contributed by atoms with E-state index in [1.807, 2.05) is 41.0 Å². The smallest absolute Gasteiger partial charge is 0.218 e. The third-order valence-electron chi connectivity index (χ3n) is 5.18. The second kappa shape index (κ2) is 7.70. The molecule has 1 fully saturated rings. The second-order valence-corrected chi connectivity index (χ2v) is 11.5. The summed E-state index contributed by atoms with van der Waals surface area (Å²) in [6, 6.07) is 9.57. The molecule has 0 spiro atoms. The first-order chi connectivity index (χ1) is 13.7. The van der Waals surface area contributed by atoms with Gasteiger partial charge in [-0.05, 0) is 18.4 Å². The summed E-state index contributed by atoms with van der Waals surface area (Å²) in [7, 11) is -3.28. The minimum absolute atomic E-state index is 0.000911. The van der Waals surface area contributed by atoms with E-state index in [1.165, 1.54) is 11.3 Å². The van der Waals surface area contributed by atoms with Crippen LogP contribution in [-0.2, 0) is 21.2 Å². The number of sulfonamides is 1. The number of anilines is 1. The van der Waals surface area contributed by atoms with Crippen molar-refractivity contribution in [3.05, 3.63) is 47.8 Å². The van der Waals surface area contributed by atoms with Crippen LogP contribution in [0.2, 0.25) is 0 Å². The largest absolute Gasteiger partial charge is 0.357 e. The van der Waals surface area contributed by atoms with E-state index in [0.29, 0.717) is 13.1 Å². The van der Waals surface area contributed by atoms with Crippen molar-refractivity contribution in [2.24, 2.45) is 0 Å². The Morgan fingerprint density at radius 2 is 1.86 bits per heavy atom. The maximum Gasteiger partial charge on any atom is 0.218 e. The Morgan fingerprint density at radius 1 is 1.17 bits per heavy atom. The number of fused-ring (bicyclic) bond motifs is 1. The van der Waals surface area contributed by atoms with Gasteiger partial charge in [0.2, 0.25) is 20.1 Å². The van der Waals surface area contributed by atoms with Gasteiger partial charge in [-0.3, -0.25) is 0 Å². The van der Waals surface area contributed by atoms with Crippen LogP contribution in [0.25, 0.3) is 4.96 Å². The highest BCUT2D eigenvalue weighted by Crippen LogP contribution is 2.27. The van der Waals surface area contributed by atoms with E-state index in [-0.39, 0.29) is 17.2 Å². The summed E-state index contributed by atoms with van der Waals surface area (Å²) in [5, 5.41) is 8.89. The maximum atomic E-state index is 12.7. The fourth-order valence-corrected chi connectivity index (χ4v) is 5.87. The normalized spacial score (nSPS) is 17.1. The van der Waals surface area contributed by atoms with Crippen molar-refractivity contribution in [2.45, 2.75) is 50.8 Å². The first-order valence-electron chi connectivity index (χ1n) is 9.86. The van der Waals surface area contributed by atoms with Gasteiger partial charge < -0.3 is 5.32 Å². The first-order valence-corrected chi connectivity index (χ1v) is 12.3. The average Bonchev–Trinajstić information content (AvgIpc) is 3.21. The molecule has 1 aliphatic rings. The van der Waals surface area contributed by atoms with Crippen LogP contribution in [0.5, 0.6) is 0 Å². The Hall–Kier alpha value is -1.97. The molecule has 0 bridgehead atoms. The van der Waals surface area contributed by atoms with E-state index < -0.39 is 10.0 Å². The van der Waals surface area contributed by atoms with Gasteiger partial charge in [-0.25, -0.2) is 22.2 Å². The van der Waals surface area contributed by atoms with Crippen LogP contribution in [0.4, 0.5) is 5.13 Å². The number of rotatable bonds is 5. The van der Waals surface area contributed by atoms with Gasteiger partial charge in [-0.1, -0.05) is 62.4 Å². The molecular formula is C20H27N5O2S2. The van der Waals surface area contributed by atoms with Crippen molar-refractivity contribution in [3.8, 4) is 0 Å². The maximum absolute atomic E-state index is 12.7. The summed E-state index contributed by atoms with van der Waals surface area (Å²) in [6.45, 7) is 7.47. The molecule has 3 heterocycles. The minimum Gasteiger partial charge on any atom is -0.357 e. The van der Waals surface area contributed by atoms with Gasteiger partial charge in [-0.15, -0.1) is 5.10 Å². The molecule has 3 aromatic rings. The zero-order valence-corrected chi connectivity index (χ0v) is 18.6. The van der Waals surface area contributed by atoms with Crippen molar-refractivity contribution < 1.29 is 8.42 Å². The number of aromatic nitrogens is 3. The van der Waals surface area contributed by atoms with E-state index in [4.69, 9.17) is 0 Å². The van der Waals surface area contributed by atoms with Crippen molar-refractivity contribution in [1.29, 1.82) is 0 Å². The van der Waals surface area contributed by atoms with Crippen LogP contribution in [0.1, 0.15) is 44.9 Å². The molecule has 1 N–H and O–H groups in total. The number of nitrogens with one attached hydrogen (secondary N) is 1.